The fourth-order valence-corrected chi connectivity index (χ4v) is 1.22. The largest absolute Gasteiger partial charge is 0.396 e. The van der Waals surface area contributed by atoms with Crippen LogP contribution in [0.25, 0.3) is 0 Å². The fraction of sp³-hybridized carbons (Fsp3) is 0.778. The second-order valence-corrected chi connectivity index (χ2v) is 3.61. The standard InChI is InChI=1S/C9H18N4O/c1-8(3-4-14)5-10-6-9-12-11-7-13(9)2/h7-8,10,14H,3-6H2,1-2H3. The third-order valence-corrected chi connectivity index (χ3v) is 2.20. The Balaban J connectivity index is 2.19. The third kappa shape index (κ3) is 3.43. The molecule has 80 valence electrons. The van der Waals surface area contributed by atoms with E-state index >= 15 is 0 Å². The Labute approximate surface area is 84.2 Å². The SMILES string of the molecule is CC(CCO)CNCc1nncn1C. The van der Waals surface area contributed by atoms with Crippen LogP contribution in [0.2, 0.25) is 0 Å². The van der Waals surface area contributed by atoms with Crippen LogP contribution in [0.15, 0.2) is 6.33 Å². The Bertz CT molecular complexity index is 261. The maximum atomic E-state index is 8.71. The third-order valence-electron chi connectivity index (χ3n) is 2.20. The minimum Gasteiger partial charge on any atom is -0.396 e. The quantitative estimate of drug-likeness (QED) is 0.671. The van der Waals surface area contributed by atoms with Crippen LogP contribution >= 0.6 is 0 Å². The van der Waals surface area contributed by atoms with E-state index in [0.717, 1.165) is 25.3 Å². The minimum absolute atomic E-state index is 0.257. The van der Waals surface area contributed by atoms with Gasteiger partial charge in [-0.2, -0.15) is 0 Å². The Morgan fingerprint density at radius 3 is 3.00 bits per heavy atom. The Hall–Kier alpha value is -0.940. The Kier molecular flexibility index (Phi) is 4.55. The molecule has 1 aromatic heterocycles. The van der Waals surface area contributed by atoms with Gasteiger partial charge in [0.25, 0.3) is 0 Å². The van der Waals surface area contributed by atoms with E-state index in [1.54, 1.807) is 6.33 Å². The lowest BCUT2D eigenvalue weighted by atomic mass is 10.1. The van der Waals surface area contributed by atoms with E-state index in [4.69, 9.17) is 5.11 Å². The van der Waals surface area contributed by atoms with E-state index in [9.17, 15) is 0 Å². The summed E-state index contributed by atoms with van der Waals surface area (Å²) in [5.74, 6) is 1.43. The van der Waals surface area contributed by atoms with Crippen molar-refractivity contribution in [1.29, 1.82) is 0 Å². The molecule has 1 atom stereocenters. The number of aliphatic hydroxyl groups excluding tert-OH is 1. The van der Waals surface area contributed by atoms with Gasteiger partial charge in [0.1, 0.15) is 12.2 Å². The van der Waals surface area contributed by atoms with Crippen LogP contribution < -0.4 is 5.32 Å². The summed E-state index contributed by atoms with van der Waals surface area (Å²) in [5, 5.41) is 19.7. The van der Waals surface area contributed by atoms with Crippen LogP contribution in [0.4, 0.5) is 0 Å². The average Bonchev–Trinajstić information content (AvgIpc) is 2.52. The van der Waals surface area contributed by atoms with Crippen molar-refractivity contribution in [3.63, 3.8) is 0 Å². The highest BCUT2D eigenvalue weighted by atomic mass is 16.3. The number of nitrogens with one attached hydrogen (secondary N) is 1. The molecule has 1 aromatic rings. The molecule has 0 bridgehead atoms. The number of nitrogens with zero attached hydrogens (tertiary/aromatic N) is 3. The summed E-state index contributed by atoms with van der Waals surface area (Å²) in [7, 11) is 1.92. The van der Waals surface area contributed by atoms with Crippen LogP contribution in [0, 0.1) is 5.92 Å². The number of hydrogen-bond acceptors (Lipinski definition) is 4. The maximum absolute atomic E-state index is 8.71. The summed E-state index contributed by atoms with van der Waals surface area (Å²) in [5.41, 5.74) is 0. The van der Waals surface area contributed by atoms with Crippen molar-refractivity contribution in [2.75, 3.05) is 13.2 Å². The molecule has 0 saturated carbocycles. The predicted molar refractivity (Wildman–Crippen MR) is 53.6 cm³/mol. The van der Waals surface area contributed by atoms with Gasteiger partial charge in [-0.15, -0.1) is 10.2 Å². The van der Waals surface area contributed by atoms with Crippen LogP contribution in [0.3, 0.4) is 0 Å². The molecule has 1 unspecified atom stereocenters. The van der Waals surface area contributed by atoms with Gasteiger partial charge >= 0.3 is 0 Å². The first-order valence-corrected chi connectivity index (χ1v) is 4.88. The lowest BCUT2D eigenvalue weighted by Crippen LogP contribution is -2.22. The van der Waals surface area contributed by atoms with Crippen molar-refractivity contribution in [2.45, 2.75) is 19.9 Å². The van der Waals surface area contributed by atoms with Gasteiger partial charge in [-0.3, -0.25) is 0 Å². The molecule has 0 fully saturated rings. The fourth-order valence-electron chi connectivity index (χ4n) is 1.22. The normalized spacial score (nSPS) is 13.1. The summed E-state index contributed by atoms with van der Waals surface area (Å²) < 4.78 is 1.89. The molecule has 1 rings (SSSR count). The van der Waals surface area contributed by atoms with Crippen molar-refractivity contribution in [1.82, 2.24) is 20.1 Å². The Morgan fingerprint density at radius 1 is 1.64 bits per heavy atom. The molecule has 0 spiro atoms. The van der Waals surface area contributed by atoms with E-state index in [1.165, 1.54) is 0 Å². The monoisotopic (exact) mass is 198 g/mol. The van der Waals surface area contributed by atoms with E-state index in [1.807, 2.05) is 11.6 Å². The van der Waals surface area contributed by atoms with Crippen LogP contribution in [0.1, 0.15) is 19.2 Å². The zero-order chi connectivity index (χ0) is 10.4. The summed E-state index contributed by atoms with van der Waals surface area (Å²) in [6.45, 7) is 3.99. The van der Waals surface area contributed by atoms with Crippen molar-refractivity contribution in [2.24, 2.45) is 13.0 Å². The molecule has 2 N–H and O–H groups in total. The van der Waals surface area contributed by atoms with Crippen molar-refractivity contribution < 1.29 is 5.11 Å². The van der Waals surface area contributed by atoms with Crippen molar-refractivity contribution >= 4 is 0 Å². The first kappa shape index (κ1) is 11.1. The van der Waals surface area contributed by atoms with Crippen molar-refractivity contribution in [3.8, 4) is 0 Å². The van der Waals surface area contributed by atoms with Gasteiger partial charge < -0.3 is 15.0 Å². The highest BCUT2D eigenvalue weighted by molar-refractivity contribution is 4.82. The van der Waals surface area contributed by atoms with Gasteiger partial charge in [-0.05, 0) is 18.9 Å². The molecule has 14 heavy (non-hydrogen) atoms. The second kappa shape index (κ2) is 5.72. The van der Waals surface area contributed by atoms with E-state index < -0.39 is 0 Å². The number of aliphatic hydroxyl groups is 1. The van der Waals surface area contributed by atoms with Gasteiger partial charge in [0, 0.05) is 13.7 Å². The first-order chi connectivity index (χ1) is 6.74. The second-order valence-electron chi connectivity index (χ2n) is 3.61. The number of aromatic nitrogens is 3. The molecule has 0 aliphatic carbocycles. The number of hydrogen-bond donors (Lipinski definition) is 2. The van der Waals surface area contributed by atoms with Gasteiger partial charge in [0.2, 0.25) is 0 Å². The predicted octanol–water partition coefficient (Wildman–Crippen LogP) is -0.0768. The molecule has 0 radical (unpaired) electrons. The lowest BCUT2D eigenvalue weighted by molar-refractivity contribution is 0.260. The van der Waals surface area contributed by atoms with E-state index in [-0.39, 0.29) is 6.61 Å². The molecule has 5 heteroatoms. The molecular weight excluding hydrogens is 180 g/mol. The molecule has 0 aromatic carbocycles. The summed E-state index contributed by atoms with van der Waals surface area (Å²) in [6.07, 6.45) is 2.53. The molecule has 0 aliphatic heterocycles. The molecule has 5 nitrogen and oxygen atoms in total. The summed E-state index contributed by atoms with van der Waals surface area (Å²) in [4.78, 5) is 0. The summed E-state index contributed by atoms with van der Waals surface area (Å²) >= 11 is 0. The number of aryl methyl sites for hydroxylation is 1. The lowest BCUT2D eigenvalue weighted by Gasteiger charge is -2.10. The van der Waals surface area contributed by atoms with E-state index in [2.05, 4.69) is 22.4 Å². The smallest absolute Gasteiger partial charge is 0.146 e. The molecule has 0 amide bonds. The highest BCUT2D eigenvalue weighted by Crippen LogP contribution is 1.98. The van der Waals surface area contributed by atoms with Gasteiger partial charge in [-0.1, -0.05) is 6.92 Å². The molecule has 1 heterocycles. The Morgan fingerprint density at radius 2 is 2.43 bits per heavy atom. The molecular formula is C9H18N4O. The van der Waals surface area contributed by atoms with Crippen LogP contribution in [0.5, 0.6) is 0 Å². The summed E-state index contributed by atoms with van der Waals surface area (Å²) in [6, 6.07) is 0. The number of rotatable bonds is 6. The van der Waals surface area contributed by atoms with Gasteiger partial charge in [-0.25, -0.2) is 0 Å². The van der Waals surface area contributed by atoms with Gasteiger partial charge in [0.15, 0.2) is 0 Å². The zero-order valence-corrected chi connectivity index (χ0v) is 8.77. The van der Waals surface area contributed by atoms with Crippen molar-refractivity contribution in [3.05, 3.63) is 12.2 Å². The van der Waals surface area contributed by atoms with Gasteiger partial charge in [0.05, 0.1) is 6.54 Å². The maximum Gasteiger partial charge on any atom is 0.146 e. The average molecular weight is 198 g/mol. The zero-order valence-electron chi connectivity index (χ0n) is 8.77. The molecule has 0 aliphatic rings. The molecule has 0 saturated heterocycles. The minimum atomic E-state index is 0.257. The van der Waals surface area contributed by atoms with Crippen LogP contribution in [-0.4, -0.2) is 33.0 Å². The van der Waals surface area contributed by atoms with Crippen LogP contribution in [-0.2, 0) is 13.6 Å². The first-order valence-electron chi connectivity index (χ1n) is 4.88. The van der Waals surface area contributed by atoms with E-state index in [0.29, 0.717) is 5.92 Å². The topological polar surface area (TPSA) is 63.0 Å². The highest BCUT2D eigenvalue weighted by Gasteiger charge is 2.02.